The lowest BCUT2D eigenvalue weighted by molar-refractivity contribution is -0.134. The molecule has 3 rings (SSSR count). The number of nitrogens with zero attached hydrogens (tertiary/aromatic N) is 1. The number of aryl methyl sites for hydroxylation is 2. The molecule has 0 saturated heterocycles. The van der Waals surface area contributed by atoms with Gasteiger partial charge in [-0.1, -0.05) is 74.9 Å². The maximum atomic E-state index is 12.5. The summed E-state index contributed by atoms with van der Waals surface area (Å²) in [5.74, 6) is -1.33. The second-order valence-corrected chi connectivity index (χ2v) is 8.19. The molecule has 1 aromatic heterocycles. The Hall–Kier alpha value is -3.65. The summed E-state index contributed by atoms with van der Waals surface area (Å²) < 4.78 is 0.987. The van der Waals surface area contributed by atoms with Gasteiger partial charge < -0.3 is 10.1 Å². The van der Waals surface area contributed by atoms with Gasteiger partial charge in [-0.15, -0.1) is 0 Å². The van der Waals surface area contributed by atoms with Crippen molar-refractivity contribution < 1.29 is 19.9 Å². The van der Waals surface area contributed by atoms with Crippen LogP contribution in [-0.4, -0.2) is 31.6 Å². The molecule has 0 saturated carbocycles. The van der Waals surface area contributed by atoms with E-state index in [-0.39, 0.29) is 17.6 Å². The molecule has 174 valence electrons. The molecular weight excluding hydrogens is 422 g/mol. The first kappa shape index (κ1) is 24.0. The molecule has 8 heteroatoms. The SMILES string of the molecule is CCC(C)C(C(=O)NO)n1c(O)c(CCc2ccc(C(=O)Cc3ccccc3)cc2)[nH]c1=O. The zero-order chi connectivity index (χ0) is 24.0. The van der Waals surface area contributed by atoms with Gasteiger partial charge in [0.1, 0.15) is 6.04 Å². The Labute approximate surface area is 191 Å². The fourth-order valence-electron chi connectivity index (χ4n) is 3.85. The van der Waals surface area contributed by atoms with E-state index >= 15 is 0 Å². The van der Waals surface area contributed by atoms with Crippen LogP contribution in [0.2, 0.25) is 0 Å². The number of rotatable bonds is 10. The van der Waals surface area contributed by atoms with Gasteiger partial charge >= 0.3 is 5.69 Å². The number of aromatic nitrogens is 2. The average molecular weight is 452 g/mol. The van der Waals surface area contributed by atoms with Gasteiger partial charge in [0.05, 0.1) is 5.69 Å². The molecule has 0 aliphatic heterocycles. The highest BCUT2D eigenvalue weighted by Gasteiger charge is 2.31. The number of ketones is 1. The summed E-state index contributed by atoms with van der Waals surface area (Å²) in [5, 5.41) is 19.7. The van der Waals surface area contributed by atoms with Crippen molar-refractivity contribution in [2.75, 3.05) is 0 Å². The quantitative estimate of drug-likeness (QED) is 0.214. The molecule has 2 aromatic carbocycles. The second-order valence-electron chi connectivity index (χ2n) is 8.19. The Morgan fingerprint density at radius 3 is 2.30 bits per heavy atom. The van der Waals surface area contributed by atoms with E-state index in [0.717, 1.165) is 15.7 Å². The third-order valence-corrected chi connectivity index (χ3v) is 5.96. The number of nitrogens with one attached hydrogen (secondary N) is 2. The van der Waals surface area contributed by atoms with Crippen molar-refractivity contribution in [2.45, 2.75) is 45.6 Å². The lowest BCUT2D eigenvalue weighted by atomic mass is 9.98. The van der Waals surface area contributed by atoms with Crippen molar-refractivity contribution in [2.24, 2.45) is 5.92 Å². The van der Waals surface area contributed by atoms with Crippen LogP contribution >= 0.6 is 0 Å². The minimum Gasteiger partial charge on any atom is -0.493 e. The molecule has 0 bridgehead atoms. The van der Waals surface area contributed by atoms with Gasteiger partial charge in [-0.25, -0.2) is 10.3 Å². The van der Waals surface area contributed by atoms with Gasteiger partial charge in [-0.05, 0) is 29.9 Å². The largest absolute Gasteiger partial charge is 0.493 e. The number of H-pyrrole nitrogens is 1. The lowest BCUT2D eigenvalue weighted by Gasteiger charge is -2.22. The highest BCUT2D eigenvalue weighted by atomic mass is 16.5. The first-order valence-corrected chi connectivity index (χ1v) is 11.0. The number of imidazole rings is 1. The van der Waals surface area contributed by atoms with Crippen molar-refractivity contribution in [3.63, 3.8) is 0 Å². The van der Waals surface area contributed by atoms with Crippen molar-refractivity contribution in [3.05, 3.63) is 87.5 Å². The molecule has 0 fully saturated rings. The summed E-state index contributed by atoms with van der Waals surface area (Å²) in [6, 6.07) is 15.8. The van der Waals surface area contributed by atoms with Crippen LogP contribution in [-0.2, 0) is 24.1 Å². The minimum atomic E-state index is -1.03. The van der Waals surface area contributed by atoms with Crippen LogP contribution in [0, 0.1) is 5.92 Å². The van der Waals surface area contributed by atoms with Crippen LogP contribution in [0.3, 0.4) is 0 Å². The molecule has 8 nitrogen and oxygen atoms in total. The van der Waals surface area contributed by atoms with Gasteiger partial charge in [-0.3, -0.25) is 19.4 Å². The summed E-state index contributed by atoms with van der Waals surface area (Å²) in [4.78, 5) is 39.7. The monoisotopic (exact) mass is 451 g/mol. The van der Waals surface area contributed by atoms with E-state index in [1.54, 1.807) is 24.5 Å². The van der Waals surface area contributed by atoms with Gasteiger partial charge in [0, 0.05) is 12.0 Å². The number of aromatic amines is 1. The second kappa shape index (κ2) is 10.8. The molecule has 2 atom stereocenters. The maximum absolute atomic E-state index is 12.5. The summed E-state index contributed by atoms with van der Waals surface area (Å²) in [6.45, 7) is 3.62. The Balaban J connectivity index is 1.70. The van der Waals surface area contributed by atoms with Crippen LogP contribution in [0.4, 0.5) is 0 Å². The Bertz CT molecular complexity index is 1150. The van der Waals surface area contributed by atoms with Gasteiger partial charge in [-0.2, -0.15) is 0 Å². The predicted molar refractivity (Wildman–Crippen MR) is 123 cm³/mol. The van der Waals surface area contributed by atoms with E-state index in [9.17, 15) is 19.5 Å². The molecule has 0 radical (unpaired) electrons. The van der Waals surface area contributed by atoms with Gasteiger partial charge in [0.15, 0.2) is 5.78 Å². The van der Waals surface area contributed by atoms with Crippen molar-refractivity contribution in [1.29, 1.82) is 0 Å². The molecule has 3 aromatic rings. The van der Waals surface area contributed by atoms with E-state index in [1.807, 2.05) is 49.4 Å². The molecule has 1 heterocycles. The molecule has 0 aliphatic rings. The number of aromatic hydroxyl groups is 1. The first-order valence-electron chi connectivity index (χ1n) is 11.0. The number of amides is 1. The summed E-state index contributed by atoms with van der Waals surface area (Å²) >= 11 is 0. The highest BCUT2D eigenvalue weighted by Crippen LogP contribution is 2.26. The number of carbonyl (C=O) groups excluding carboxylic acids is 2. The van der Waals surface area contributed by atoms with Crippen LogP contribution < -0.4 is 11.2 Å². The number of Topliss-reactive ketones (excluding diaryl/α,β-unsaturated/α-hetero) is 1. The van der Waals surface area contributed by atoms with Crippen LogP contribution in [0.1, 0.15) is 53.5 Å². The Morgan fingerprint density at radius 1 is 1.03 bits per heavy atom. The Kier molecular flexibility index (Phi) is 7.84. The average Bonchev–Trinajstić information content (AvgIpc) is 3.11. The van der Waals surface area contributed by atoms with Gasteiger partial charge in [0.25, 0.3) is 5.91 Å². The van der Waals surface area contributed by atoms with E-state index in [1.165, 1.54) is 0 Å². The molecule has 0 spiro atoms. The van der Waals surface area contributed by atoms with E-state index in [2.05, 4.69) is 4.98 Å². The lowest BCUT2D eigenvalue weighted by Crippen LogP contribution is -2.38. The van der Waals surface area contributed by atoms with Crippen LogP contribution in [0.25, 0.3) is 0 Å². The smallest absolute Gasteiger partial charge is 0.329 e. The van der Waals surface area contributed by atoms with Crippen LogP contribution in [0.15, 0.2) is 59.4 Å². The van der Waals surface area contributed by atoms with Crippen LogP contribution in [0.5, 0.6) is 5.88 Å². The zero-order valence-electron chi connectivity index (χ0n) is 18.7. The van der Waals surface area contributed by atoms with E-state index in [0.29, 0.717) is 36.9 Å². The van der Waals surface area contributed by atoms with Gasteiger partial charge in [0.2, 0.25) is 5.88 Å². The molecule has 4 N–H and O–H groups in total. The normalized spacial score (nSPS) is 12.8. The molecule has 1 amide bonds. The first-order chi connectivity index (χ1) is 15.8. The Morgan fingerprint density at radius 2 is 1.70 bits per heavy atom. The minimum absolute atomic E-state index is 0.0325. The standard InChI is InChI=1S/C25H29N3O5/c1-3-16(2)22(23(30)27-33)28-24(31)20(26-25(28)32)14-11-17-9-12-19(13-10-17)21(29)15-18-7-5-4-6-8-18/h4-10,12-13,16,22,31,33H,3,11,14-15H2,1-2H3,(H,26,32)(H,27,30). The fourth-order valence-corrected chi connectivity index (χ4v) is 3.85. The summed E-state index contributed by atoms with van der Waals surface area (Å²) in [7, 11) is 0. The van der Waals surface area contributed by atoms with E-state index in [4.69, 9.17) is 5.21 Å². The third-order valence-electron chi connectivity index (χ3n) is 5.96. The summed E-state index contributed by atoms with van der Waals surface area (Å²) in [6.07, 6.45) is 1.75. The number of hydrogen-bond acceptors (Lipinski definition) is 5. The zero-order valence-corrected chi connectivity index (χ0v) is 18.7. The molecule has 0 aliphatic carbocycles. The summed E-state index contributed by atoms with van der Waals surface area (Å²) in [5.41, 5.74) is 3.79. The maximum Gasteiger partial charge on any atom is 0.329 e. The number of carbonyl (C=O) groups is 2. The van der Waals surface area contributed by atoms with Crippen molar-refractivity contribution >= 4 is 11.7 Å². The van der Waals surface area contributed by atoms with E-state index < -0.39 is 17.6 Å². The predicted octanol–water partition coefficient (Wildman–Crippen LogP) is 3.19. The molecule has 33 heavy (non-hydrogen) atoms. The third kappa shape index (κ3) is 5.59. The highest BCUT2D eigenvalue weighted by molar-refractivity contribution is 5.97. The van der Waals surface area contributed by atoms with Crippen molar-refractivity contribution in [1.82, 2.24) is 15.0 Å². The topological polar surface area (TPSA) is 124 Å². The van der Waals surface area contributed by atoms with Crippen molar-refractivity contribution in [3.8, 4) is 5.88 Å². The number of hydroxylamine groups is 1. The number of hydrogen-bond donors (Lipinski definition) is 4. The number of benzene rings is 2. The molecule has 2 unspecified atom stereocenters. The molecular formula is C25H29N3O5. The fraction of sp³-hybridized carbons (Fsp3) is 0.320.